The quantitative estimate of drug-likeness (QED) is 0.615. The minimum absolute atomic E-state index is 0.400. The summed E-state index contributed by atoms with van der Waals surface area (Å²) >= 11 is 2.89. The van der Waals surface area contributed by atoms with Crippen LogP contribution in [0.5, 0.6) is 0 Å². The number of hydrogen-bond donors (Lipinski definition) is 0. The lowest BCUT2D eigenvalue weighted by molar-refractivity contribution is 0.386. The van der Waals surface area contributed by atoms with E-state index in [1.807, 2.05) is 19.2 Å². The van der Waals surface area contributed by atoms with Crippen molar-refractivity contribution >= 4 is 38.4 Å². The molecular weight excluding hydrogens is 410 g/mol. The molecule has 8 heteroatoms. The van der Waals surface area contributed by atoms with E-state index in [1.54, 1.807) is 21.7 Å². The number of sulfonamides is 1. The van der Waals surface area contributed by atoms with Crippen molar-refractivity contribution in [1.29, 1.82) is 0 Å². The van der Waals surface area contributed by atoms with Crippen LogP contribution in [-0.2, 0) is 10.0 Å². The van der Waals surface area contributed by atoms with Gasteiger partial charge < -0.3 is 4.90 Å². The Bertz CT molecular complexity index is 1060. The van der Waals surface area contributed by atoms with Crippen molar-refractivity contribution in [3.63, 3.8) is 0 Å². The van der Waals surface area contributed by atoms with E-state index in [2.05, 4.69) is 41.1 Å². The van der Waals surface area contributed by atoms with Crippen molar-refractivity contribution in [2.24, 2.45) is 0 Å². The van der Waals surface area contributed by atoms with Crippen molar-refractivity contribution in [3.05, 3.63) is 51.8 Å². The second kappa shape index (κ2) is 7.59. The van der Waals surface area contributed by atoms with Gasteiger partial charge in [0.15, 0.2) is 0 Å². The average molecular weight is 434 g/mol. The fourth-order valence-electron chi connectivity index (χ4n) is 3.23. The number of nitrogens with zero attached hydrogens (tertiary/aromatic N) is 3. The Hall–Kier alpha value is -1.74. The monoisotopic (exact) mass is 433 g/mol. The van der Waals surface area contributed by atoms with Crippen LogP contribution in [0.2, 0.25) is 0 Å². The number of anilines is 1. The Balaban J connectivity index is 1.48. The second-order valence-corrected chi connectivity index (χ2v) is 11.3. The van der Waals surface area contributed by atoms with Crippen molar-refractivity contribution in [2.45, 2.75) is 25.0 Å². The molecule has 0 N–H and O–H groups in total. The zero-order valence-corrected chi connectivity index (χ0v) is 18.6. The first-order valence-electron chi connectivity index (χ1n) is 9.19. The van der Waals surface area contributed by atoms with Crippen LogP contribution in [0.25, 0.3) is 10.6 Å². The summed E-state index contributed by atoms with van der Waals surface area (Å²) in [5.41, 5.74) is 4.27. The molecule has 1 aliphatic rings. The fourth-order valence-corrected chi connectivity index (χ4v) is 6.95. The summed E-state index contributed by atoms with van der Waals surface area (Å²) in [5.74, 6) is 0. The second-order valence-electron chi connectivity index (χ2n) is 7.04. The molecule has 0 aliphatic carbocycles. The minimum Gasteiger partial charge on any atom is -0.369 e. The first-order chi connectivity index (χ1) is 13.3. The third-order valence-corrected chi connectivity index (χ3v) is 9.52. The zero-order chi connectivity index (χ0) is 19.9. The van der Waals surface area contributed by atoms with Gasteiger partial charge in [0.2, 0.25) is 0 Å². The van der Waals surface area contributed by atoms with Crippen LogP contribution in [0.4, 0.5) is 5.69 Å². The summed E-state index contributed by atoms with van der Waals surface area (Å²) in [4.78, 5) is 7.96. The number of aryl methyl sites for hydroxylation is 3. The molecule has 0 unspecified atom stereocenters. The first-order valence-corrected chi connectivity index (χ1v) is 12.3. The van der Waals surface area contributed by atoms with E-state index in [9.17, 15) is 8.42 Å². The highest BCUT2D eigenvalue weighted by Crippen LogP contribution is 2.34. The summed E-state index contributed by atoms with van der Waals surface area (Å²) in [7, 11) is -3.46. The van der Waals surface area contributed by atoms with Crippen LogP contribution in [0.1, 0.15) is 16.1 Å². The van der Waals surface area contributed by atoms with Crippen LogP contribution in [-0.4, -0.2) is 43.9 Å². The number of piperazine rings is 1. The molecular formula is C20H23N3O2S3. The molecule has 1 aliphatic heterocycles. The van der Waals surface area contributed by atoms with Gasteiger partial charge in [-0.25, -0.2) is 13.4 Å². The van der Waals surface area contributed by atoms with Crippen LogP contribution >= 0.6 is 22.7 Å². The lowest BCUT2D eigenvalue weighted by atomic mass is 10.2. The van der Waals surface area contributed by atoms with E-state index < -0.39 is 10.0 Å². The molecule has 5 nitrogen and oxygen atoms in total. The van der Waals surface area contributed by atoms with Gasteiger partial charge in [-0.15, -0.1) is 22.7 Å². The van der Waals surface area contributed by atoms with Gasteiger partial charge in [0.05, 0.1) is 5.69 Å². The predicted octanol–water partition coefficient (Wildman–Crippen LogP) is 4.31. The lowest BCUT2D eigenvalue weighted by Crippen LogP contribution is -2.48. The van der Waals surface area contributed by atoms with Gasteiger partial charge >= 0.3 is 0 Å². The molecule has 1 aromatic carbocycles. The van der Waals surface area contributed by atoms with Crippen molar-refractivity contribution in [2.75, 3.05) is 31.1 Å². The Labute approximate surface area is 174 Å². The molecule has 1 saturated heterocycles. The lowest BCUT2D eigenvalue weighted by Gasteiger charge is -2.35. The minimum atomic E-state index is -3.46. The average Bonchev–Trinajstić information content (AvgIpc) is 3.30. The SMILES string of the molecule is Cc1ccc(N2CCN(S(=O)(=O)c3cc(-c4nc(C)c(C)s4)cs3)CC2)cc1. The van der Waals surface area contributed by atoms with Gasteiger partial charge in [-0.1, -0.05) is 17.7 Å². The van der Waals surface area contributed by atoms with Crippen LogP contribution in [0.15, 0.2) is 39.9 Å². The summed E-state index contributed by atoms with van der Waals surface area (Å²) < 4.78 is 28.2. The van der Waals surface area contributed by atoms with E-state index in [0.717, 1.165) is 26.8 Å². The third-order valence-electron chi connectivity index (χ3n) is 5.08. The molecule has 3 aromatic rings. The molecule has 0 atom stereocenters. The van der Waals surface area contributed by atoms with E-state index in [1.165, 1.54) is 16.9 Å². The molecule has 2 aromatic heterocycles. The van der Waals surface area contributed by atoms with Gasteiger partial charge in [-0.05, 0) is 39.0 Å². The first kappa shape index (κ1) is 19.6. The largest absolute Gasteiger partial charge is 0.369 e. The highest BCUT2D eigenvalue weighted by atomic mass is 32.2. The number of thiazole rings is 1. The maximum absolute atomic E-state index is 13.1. The van der Waals surface area contributed by atoms with Crippen LogP contribution in [0, 0.1) is 20.8 Å². The Morgan fingerprint density at radius 3 is 2.29 bits per heavy atom. The van der Waals surface area contributed by atoms with Gasteiger partial charge in [0.1, 0.15) is 9.22 Å². The maximum atomic E-state index is 13.1. The van der Waals surface area contributed by atoms with Gasteiger partial charge in [-0.2, -0.15) is 4.31 Å². The van der Waals surface area contributed by atoms with Crippen LogP contribution in [0.3, 0.4) is 0 Å². The maximum Gasteiger partial charge on any atom is 0.252 e. The number of thiophene rings is 1. The Morgan fingerprint density at radius 1 is 1.00 bits per heavy atom. The molecule has 0 spiro atoms. The standard InChI is InChI=1S/C20H23N3O2S3/c1-14-4-6-18(7-5-14)22-8-10-23(11-9-22)28(24,25)19-12-17(13-26-19)20-21-15(2)16(3)27-20/h4-7,12-13H,8-11H2,1-3H3. The molecule has 0 amide bonds. The molecule has 0 bridgehead atoms. The Morgan fingerprint density at radius 2 is 1.68 bits per heavy atom. The smallest absolute Gasteiger partial charge is 0.252 e. The number of aromatic nitrogens is 1. The third kappa shape index (κ3) is 3.74. The number of hydrogen-bond acceptors (Lipinski definition) is 6. The Kier molecular flexibility index (Phi) is 5.30. The summed E-state index contributed by atoms with van der Waals surface area (Å²) in [6.07, 6.45) is 0. The van der Waals surface area contributed by atoms with E-state index in [4.69, 9.17) is 0 Å². The summed E-state index contributed by atoms with van der Waals surface area (Å²) in [6.45, 7) is 8.48. The fraction of sp³-hybridized carbons (Fsp3) is 0.350. The highest BCUT2D eigenvalue weighted by Gasteiger charge is 2.30. The van der Waals surface area contributed by atoms with Gasteiger partial charge in [0.25, 0.3) is 10.0 Å². The molecule has 1 fully saturated rings. The van der Waals surface area contributed by atoms with Gasteiger partial charge in [0, 0.05) is 47.7 Å². The number of rotatable bonds is 4. The molecule has 4 rings (SSSR count). The summed E-state index contributed by atoms with van der Waals surface area (Å²) in [5, 5.41) is 2.78. The van der Waals surface area contributed by atoms with E-state index >= 15 is 0 Å². The van der Waals surface area contributed by atoms with Crippen LogP contribution < -0.4 is 4.90 Å². The van der Waals surface area contributed by atoms with Crippen molar-refractivity contribution in [3.8, 4) is 10.6 Å². The highest BCUT2D eigenvalue weighted by molar-refractivity contribution is 7.91. The van der Waals surface area contributed by atoms with E-state index in [0.29, 0.717) is 30.4 Å². The van der Waals surface area contributed by atoms with E-state index in [-0.39, 0.29) is 0 Å². The topological polar surface area (TPSA) is 53.5 Å². The van der Waals surface area contributed by atoms with Gasteiger partial charge in [-0.3, -0.25) is 0 Å². The molecule has 3 heterocycles. The normalized spacial score (nSPS) is 15.9. The zero-order valence-electron chi connectivity index (χ0n) is 16.2. The van der Waals surface area contributed by atoms with Crippen molar-refractivity contribution < 1.29 is 8.42 Å². The molecule has 28 heavy (non-hydrogen) atoms. The molecule has 0 radical (unpaired) electrons. The van der Waals surface area contributed by atoms with Crippen molar-refractivity contribution in [1.82, 2.24) is 9.29 Å². The number of benzene rings is 1. The summed E-state index contributed by atoms with van der Waals surface area (Å²) in [6, 6.07) is 10.2. The molecule has 0 saturated carbocycles. The molecule has 148 valence electrons. The predicted molar refractivity (Wildman–Crippen MR) is 117 cm³/mol.